The maximum absolute atomic E-state index is 12.6. The molecule has 3 rings (SSSR count). The Bertz CT molecular complexity index is 994. The van der Waals surface area contributed by atoms with Crippen LogP contribution >= 0.6 is 24.8 Å². The quantitative estimate of drug-likeness (QED) is 0.514. The summed E-state index contributed by atoms with van der Waals surface area (Å²) in [5.41, 5.74) is 3.96. The van der Waals surface area contributed by atoms with Gasteiger partial charge in [-0.3, -0.25) is 4.79 Å². The average molecular weight is 478 g/mol. The van der Waals surface area contributed by atoms with Crippen molar-refractivity contribution in [3.05, 3.63) is 66.4 Å². The van der Waals surface area contributed by atoms with Crippen LogP contribution in [0, 0.1) is 0 Å². The van der Waals surface area contributed by atoms with Gasteiger partial charge in [0.25, 0.3) is 5.91 Å². The molecule has 2 aromatic carbocycles. The molecule has 0 bridgehead atoms. The van der Waals surface area contributed by atoms with Crippen molar-refractivity contribution in [2.45, 2.75) is 0 Å². The first-order chi connectivity index (χ1) is 14.5. The molecule has 0 saturated heterocycles. The Labute approximate surface area is 201 Å². The number of benzene rings is 2. The number of carbonyl (C=O) groups is 1. The molecule has 0 radical (unpaired) electrons. The van der Waals surface area contributed by atoms with E-state index in [1.54, 1.807) is 20.3 Å². The van der Waals surface area contributed by atoms with Crippen LogP contribution in [0.15, 0.2) is 60.7 Å². The van der Waals surface area contributed by atoms with Gasteiger partial charge in [-0.05, 0) is 68.2 Å². The maximum Gasteiger partial charge on any atom is 0.269 e. The monoisotopic (exact) mass is 477 g/mol. The van der Waals surface area contributed by atoms with Crippen molar-refractivity contribution in [1.29, 1.82) is 0 Å². The van der Waals surface area contributed by atoms with E-state index in [2.05, 4.69) is 5.32 Å². The molecule has 6 nitrogen and oxygen atoms in total. The number of ether oxygens (including phenoxy) is 2. The van der Waals surface area contributed by atoms with E-state index < -0.39 is 0 Å². The van der Waals surface area contributed by atoms with Gasteiger partial charge in [-0.2, -0.15) is 0 Å². The van der Waals surface area contributed by atoms with Crippen molar-refractivity contribution in [3.8, 4) is 33.9 Å². The van der Waals surface area contributed by atoms with Crippen LogP contribution in [0.4, 0.5) is 0 Å². The van der Waals surface area contributed by atoms with E-state index >= 15 is 0 Å². The molecule has 0 saturated carbocycles. The highest BCUT2D eigenvalue weighted by Crippen LogP contribution is 2.32. The molecule has 0 aliphatic heterocycles. The van der Waals surface area contributed by atoms with Gasteiger partial charge in [0.2, 0.25) is 0 Å². The van der Waals surface area contributed by atoms with Crippen LogP contribution in [-0.4, -0.2) is 57.2 Å². The standard InChI is InChI=1S/C24H27N3O3.2ClH/c1-27(2)16-15-25-24(28)22-14-13-21(17-5-9-19(29-3)10-6-17)23(26-22)18-7-11-20(30-4)12-8-18;;/h5-14H,15-16H2,1-4H3,(H,25,28);2*1H. The van der Waals surface area contributed by atoms with E-state index in [4.69, 9.17) is 14.5 Å². The van der Waals surface area contributed by atoms with Crippen molar-refractivity contribution in [2.75, 3.05) is 41.4 Å². The van der Waals surface area contributed by atoms with Gasteiger partial charge in [0, 0.05) is 24.2 Å². The third-order valence-corrected chi connectivity index (χ3v) is 4.74. The summed E-state index contributed by atoms with van der Waals surface area (Å²) >= 11 is 0. The van der Waals surface area contributed by atoms with E-state index in [1.165, 1.54) is 0 Å². The normalized spacial score (nSPS) is 10.0. The highest BCUT2D eigenvalue weighted by molar-refractivity contribution is 5.94. The summed E-state index contributed by atoms with van der Waals surface area (Å²) in [6, 6.07) is 19.2. The first-order valence-corrected chi connectivity index (χ1v) is 9.74. The van der Waals surface area contributed by atoms with Gasteiger partial charge in [-0.15, -0.1) is 24.8 Å². The number of nitrogens with zero attached hydrogens (tertiary/aromatic N) is 2. The van der Waals surface area contributed by atoms with E-state index in [1.807, 2.05) is 73.6 Å². The van der Waals surface area contributed by atoms with Crippen LogP contribution in [-0.2, 0) is 0 Å². The van der Waals surface area contributed by atoms with E-state index in [-0.39, 0.29) is 30.7 Å². The molecule has 1 heterocycles. The van der Waals surface area contributed by atoms with Crippen molar-refractivity contribution in [2.24, 2.45) is 0 Å². The number of carbonyl (C=O) groups excluding carboxylic acids is 1. The molecule has 0 aliphatic carbocycles. The second kappa shape index (κ2) is 12.9. The molecule has 0 fully saturated rings. The minimum absolute atomic E-state index is 0. The molecule has 0 unspecified atom stereocenters. The molecule has 32 heavy (non-hydrogen) atoms. The molecule has 8 heteroatoms. The highest BCUT2D eigenvalue weighted by Gasteiger charge is 2.15. The summed E-state index contributed by atoms with van der Waals surface area (Å²) in [5.74, 6) is 1.37. The summed E-state index contributed by atoms with van der Waals surface area (Å²) in [7, 11) is 7.21. The van der Waals surface area contributed by atoms with Gasteiger partial charge in [-0.1, -0.05) is 12.1 Å². The van der Waals surface area contributed by atoms with Gasteiger partial charge in [0.05, 0.1) is 19.9 Å². The highest BCUT2D eigenvalue weighted by atomic mass is 35.5. The van der Waals surface area contributed by atoms with Gasteiger partial charge >= 0.3 is 0 Å². The number of hydrogen-bond donors (Lipinski definition) is 1. The fraction of sp³-hybridized carbons (Fsp3) is 0.250. The number of amides is 1. The summed E-state index contributed by atoms with van der Waals surface area (Å²) in [6.07, 6.45) is 0. The smallest absolute Gasteiger partial charge is 0.269 e. The second-order valence-corrected chi connectivity index (χ2v) is 7.11. The predicted molar refractivity (Wildman–Crippen MR) is 134 cm³/mol. The zero-order valence-corrected chi connectivity index (χ0v) is 20.3. The number of pyridine rings is 1. The van der Waals surface area contributed by atoms with Crippen molar-refractivity contribution >= 4 is 30.7 Å². The van der Waals surface area contributed by atoms with Gasteiger partial charge in [0.15, 0.2) is 0 Å². The summed E-state index contributed by atoms with van der Waals surface area (Å²) in [6.45, 7) is 1.33. The molecule has 0 atom stereocenters. The molecule has 172 valence electrons. The van der Waals surface area contributed by atoms with Crippen molar-refractivity contribution in [1.82, 2.24) is 15.2 Å². The van der Waals surface area contributed by atoms with Crippen LogP contribution in [0.2, 0.25) is 0 Å². The van der Waals surface area contributed by atoms with E-state index in [0.717, 1.165) is 40.4 Å². The van der Waals surface area contributed by atoms with Crippen LogP contribution in [0.5, 0.6) is 11.5 Å². The summed E-state index contributed by atoms with van der Waals surface area (Å²) in [5, 5.41) is 2.92. The fourth-order valence-electron chi connectivity index (χ4n) is 3.04. The third-order valence-electron chi connectivity index (χ3n) is 4.74. The van der Waals surface area contributed by atoms with Gasteiger partial charge < -0.3 is 19.7 Å². The number of hydrogen-bond acceptors (Lipinski definition) is 5. The molecule has 0 spiro atoms. The number of rotatable bonds is 8. The lowest BCUT2D eigenvalue weighted by molar-refractivity contribution is 0.0946. The van der Waals surface area contributed by atoms with Crippen LogP contribution in [0.3, 0.4) is 0 Å². The Kier molecular flexibility index (Phi) is 11.0. The molecular formula is C24H29Cl2N3O3. The number of nitrogens with one attached hydrogen (secondary N) is 1. The molecular weight excluding hydrogens is 449 g/mol. The van der Waals surface area contributed by atoms with Crippen molar-refractivity contribution in [3.63, 3.8) is 0 Å². The zero-order chi connectivity index (χ0) is 21.5. The molecule has 3 aromatic rings. The van der Waals surface area contributed by atoms with Gasteiger partial charge in [-0.25, -0.2) is 4.98 Å². The minimum atomic E-state index is -0.187. The molecule has 0 aliphatic rings. The third kappa shape index (κ3) is 6.85. The van der Waals surface area contributed by atoms with Crippen molar-refractivity contribution < 1.29 is 14.3 Å². The van der Waals surface area contributed by atoms with E-state index in [0.29, 0.717) is 12.2 Å². The predicted octanol–water partition coefficient (Wildman–Crippen LogP) is 4.57. The molecule has 1 aromatic heterocycles. The zero-order valence-electron chi connectivity index (χ0n) is 18.6. The maximum atomic E-state index is 12.6. The molecule has 1 N–H and O–H groups in total. The lowest BCUT2D eigenvalue weighted by Gasteiger charge is -2.14. The number of likely N-dealkylation sites (N-methyl/N-ethyl adjacent to an activating group) is 1. The van der Waals surface area contributed by atoms with Gasteiger partial charge in [0.1, 0.15) is 17.2 Å². The Morgan fingerprint density at radius 2 is 1.38 bits per heavy atom. The van der Waals surface area contributed by atoms with Crippen LogP contribution < -0.4 is 14.8 Å². The SMILES string of the molecule is COc1ccc(-c2ccc(C(=O)NCCN(C)C)nc2-c2ccc(OC)cc2)cc1.Cl.Cl. The first kappa shape index (κ1) is 27.2. The second-order valence-electron chi connectivity index (χ2n) is 7.11. The topological polar surface area (TPSA) is 63.7 Å². The fourth-order valence-corrected chi connectivity index (χ4v) is 3.04. The summed E-state index contributed by atoms with van der Waals surface area (Å²) < 4.78 is 10.5. The van der Waals surface area contributed by atoms with Crippen LogP contribution in [0.1, 0.15) is 10.5 Å². The number of halogens is 2. The Balaban J connectivity index is 0.00000256. The molecule has 1 amide bonds. The minimum Gasteiger partial charge on any atom is -0.497 e. The lowest BCUT2D eigenvalue weighted by atomic mass is 9.98. The average Bonchev–Trinajstić information content (AvgIpc) is 2.78. The summed E-state index contributed by atoms with van der Waals surface area (Å²) in [4.78, 5) is 19.3. The first-order valence-electron chi connectivity index (χ1n) is 9.74. The van der Waals surface area contributed by atoms with E-state index in [9.17, 15) is 4.79 Å². The number of aromatic nitrogens is 1. The Morgan fingerprint density at radius 3 is 1.88 bits per heavy atom. The largest absolute Gasteiger partial charge is 0.497 e. The lowest BCUT2D eigenvalue weighted by Crippen LogP contribution is -2.31. The Morgan fingerprint density at radius 1 is 0.844 bits per heavy atom. The Hall–Kier alpha value is -2.80. The van der Waals surface area contributed by atoms with Crippen LogP contribution in [0.25, 0.3) is 22.4 Å². The number of methoxy groups -OCH3 is 2.